The average Bonchev–Trinajstić information content (AvgIpc) is 2.84. The molecule has 0 unspecified atom stereocenters. The maximum Gasteiger partial charge on any atom is 0.269 e. The first kappa shape index (κ1) is 25.2. The zero-order chi connectivity index (χ0) is 25.4. The number of anilines is 1. The Kier molecular flexibility index (Phi) is 8.38. The van der Waals surface area contributed by atoms with E-state index < -0.39 is 10.8 Å². The van der Waals surface area contributed by atoms with Crippen LogP contribution in [0.15, 0.2) is 78.9 Å². The number of nitrogens with zero attached hydrogens (tertiary/aromatic N) is 2. The first-order valence-electron chi connectivity index (χ1n) is 10.6. The second-order valence-corrected chi connectivity index (χ2v) is 8.07. The van der Waals surface area contributed by atoms with Gasteiger partial charge in [0.05, 0.1) is 4.92 Å². The Morgan fingerprint density at radius 1 is 1.23 bits per heavy atom. The van der Waals surface area contributed by atoms with Crippen molar-refractivity contribution in [2.75, 3.05) is 5.32 Å². The highest BCUT2D eigenvalue weighted by Gasteiger charge is 2.12. The molecule has 0 fully saturated rings. The van der Waals surface area contributed by atoms with Crippen LogP contribution in [-0.4, -0.2) is 10.8 Å². The summed E-state index contributed by atoms with van der Waals surface area (Å²) in [5.41, 5.74) is 3.38. The number of allylic oxidation sites excluding steroid dienone is 1. The molecule has 0 aliphatic heterocycles. The summed E-state index contributed by atoms with van der Waals surface area (Å²) in [5.74, 6) is 0.0227. The van der Waals surface area contributed by atoms with Crippen LogP contribution >= 0.6 is 11.6 Å². The molecule has 0 spiro atoms. The molecule has 3 aromatic carbocycles. The summed E-state index contributed by atoms with van der Waals surface area (Å²) >= 11 is 6.11. The molecular formula is C27H22ClN3O4. The van der Waals surface area contributed by atoms with Gasteiger partial charge < -0.3 is 10.1 Å². The molecular weight excluding hydrogens is 466 g/mol. The second kappa shape index (κ2) is 11.6. The fourth-order valence-electron chi connectivity index (χ4n) is 3.25. The van der Waals surface area contributed by atoms with Crippen molar-refractivity contribution in [3.8, 4) is 11.8 Å². The number of hydrogen-bond donors (Lipinski definition) is 1. The number of carbonyl (C=O) groups excluding carboxylic acids is 1. The molecule has 0 radical (unpaired) electrons. The first-order chi connectivity index (χ1) is 16.8. The number of nitriles is 1. The quantitative estimate of drug-likeness (QED) is 0.123. The van der Waals surface area contributed by atoms with Gasteiger partial charge in [0.1, 0.15) is 24.0 Å². The van der Waals surface area contributed by atoms with Crippen molar-refractivity contribution in [3.63, 3.8) is 0 Å². The van der Waals surface area contributed by atoms with Crippen molar-refractivity contribution >= 4 is 35.0 Å². The maximum atomic E-state index is 12.6. The van der Waals surface area contributed by atoms with E-state index in [2.05, 4.69) is 11.9 Å². The minimum absolute atomic E-state index is 0.00637. The van der Waals surface area contributed by atoms with E-state index >= 15 is 0 Å². The Hall–Kier alpha value is -4.41. The summed E-state index contributed by atoms with van der Waals surface area (Å²) in [6.45, 7) is 5.77. The molecule has 0 bridgehead atoms. The monoisotopic (exact) mass is 487 g/mol. The van der Waals surface area contributed by atoms with Gasteiger partial charge in [0.2, 0.25) is 0 Å². The van der Waals surface area contributed by atoms with Crippen LogP contribution in [0.25, 0.3) is 6.08 Å². The van der Waals surface area contributed by atoms with Gasteiger partial charge in [-0.3, -0.25) is 14.9 Å². The van der Waals surface area contributed by atoms with E-state index in [1.54, 1.807) is 54.6 Å². The molecule has 3 rings (SSSR count). The van der Waals surface area contributed by atoms with Crippen LogP contribution in [-0.2, 0) is 17.8 Å². The zero-order valence-electron chi connectivity index (χ0n) is 19.0. The molecule has 7 nitrogen and oxygen atoms in total. The lowest BCUT2D eigenvalue weighted by molar-refractivity contribution is -0.384. The van der Waals surface area contributed by atoms with Crippen LogP contribution in [0.4, 0.5) is 11.4 Å². The third-order valence-corrected chi connectivity index (χ3v) is 5.48. The predicted octanol–water partition coefficient (Wildman–Crippen LogP) is 6.41. The third kappa shape index (κ3) is 6.79. The lowest BCUT2D eigenvalue weighted by atomic mass is 10.0. The normalized spacial score (nSPS) is 10.8. The average molecular weight is 488 g/mol. The molecule has 3 aromatic rings. The lowest BCUT2D eigenvalue weighted by Crippen LogP contribution is -2.13. The van der Waals surface area contributed by atoms with Gasteiger partial charge in [-0.15, -0.1) is 6.58 Å². The number of hydrogen-bond acceptors (Lipinski definition) is 5. The zero-order valence-corrected chi connectivity index (χ0v) is 19.7. The number of benzene rings is 3. The van der Waals surface area contributed by atoms with Crippen molar-refractivity contribution in [1.29, 1.82) is 5.26 Å². The third-order valence-electron chi connectivity index (χ3n) is 5.07. The molecule has 1 N–H and O–H groups in total. The predicted molar refractivity (Wildman–Crippen MR) is 136 cm³/mol. The van der Waals surface area contributed by atoms with Crippen LogP contribution in [0.1, 0.15) is 22.3 Å². The van der Waals surface area contributed by atoms with Gasteiger partial charge >= 0.3 is 0 Å². The van der Waals surface area contributed by atoms with Crippen LogP contribution in [0.2, 0.25) is 5.02 Å². The molecule has 0 aliphatic carbocycles. The maximum absolute atomic E-state index is 12.6. The van der Waals surface area contributed by atoms with E-state index in [1.165, 1.54) is 18.2 Å². The number of carbonyl (C=O) groups is 1. The number of rotatable bonds is 9. The summed E-state index contributed by atoms with van der Waals surface area (Å²) in [6, 6.07) is 18.5. The lowest BCUT2D eigenvalue weighted by Gasteiger charge is -2.12. The highest BCUT2D eigenvalue weighted by atomic mass is 35.5. The van der Waals surface area contributed by atoms with Crippen molar-refractivity contribution in [2.24, 2.45) is 0 Å². The number of nitro groups is 1. The number of amides is 1. The number of halogens is 1. The number of nitrogens with one attached hydrogen (secondary N) is 1. The van der Waals surface area contributed by atoms with E-state index in [-0.39, 0.29) is 17.9 Å². The molecule has 0 heterocycles. The Bertz CT molecular complexity index is 1360. The fraction of sp³-hybridized carbons (Fsp3) is 0.111. The molecule has 0 saturated carbocycles. The van der Waals surface area contributed by atoms with Gasteiger partial charge in [0.25, 0.3) is 11.6 Å². The molecule has 8 heteroatoms. The molecule has 0 atom stereocenters. The van der Waals surface area contributed by atoms with Crippen molar-refractivity contribution < 1.29 is 14.5 Å². The Morgan fingerprint density at radius 3 is 2.71 bits per heavy atom. The smallest absolute Gasteiger partial charge is 0.269 e. The molecule has 35 heavy (non-hydrogen) atoms. The first-order valence-corrected chi connectivity index (χ1v) is 11.0. The van der Waals surface area contributed by atoms with Crippen LogP contribution in [0, 0.1) is 28.4 Å². The van der Waals surface area contributed by atoms with Crippen molar-refractivity contribution in [2.45, 2.75) is 20.0 Å². The Labute approximate surface area is 208 Å². The summed E-state index contributed by atoms with van der Waals surface area (Å²) in [6.07, 6.45) is 3.69. The summed E-state index contributed by atoms with van der Waals surface area (Å²) in [4.78, 5) is 23.2. The van der Waals surface area contributed by atoms with Crippen LogP contribution < -0.4 is 10.1 Å². The van der Waals surface area contributed by atoms with Gasteiger partial charge in [0, 0.05) is 22.8 Å². The Morgan fingerprint density at radius 2 is 2.03 bits per heavy atom. The SMILES string of the molecule is C=CCc1cc(/C=C(/C#N)C(=O)Nc2ccc(C)c(Cl)c2)ccc1OCc1cccc([N+](=O)[O-])c1. The molecule has 0 saturated heterocycles. The van der Waals surface area contributed by atoms with E-state index in [9.17, 15) is 20.2 Å². The summed E-state index contributed by atoms with van der Waals surface area (Å²) < 4.78 is 5.90. The minimum Gasteiger partial charge on any atom is -0.489 e. The van der Waals surface area contributed by atoms with E-state index in [0.29, 0.717) is 34.0 Å². The molecule has 1 amide bonds. The van der Waals surface area contributed by atoms with E-state index in [1.807, 2.05) is 13.0 Å². The van der Waals surface area contributed by atoms with E-state index in [4.69, 9.17) is 16.3 Å². The van der Waals surface area contributed by atoms with Gasteiger partial charge in [-0.05, 0) is 65.9 Å². The second-order valence-electron chi connectivity index (χ2n) is 7.66. The molecule has 0 aliphatic rings. The number of nitro benzene ring substituents is 1. The van der Waals surface area contributed by atoms with Crippen LogP contribution in [0.3, 0.4) is 0 Å². The Balaban J connectivity index is 1.79. The number of ether oxygens (including phenoxy) is 1. The topological polar surface area (TPSA) is 105 Å². The fourth-order valence-corrected chi connectivity index (χ4v) is 3.43. The number of aryl methyl sites for hydroxylation is 1. The summed E-state index contributed by atoms with van der Waals surface area (Å²) in [7, 11) is 0. The highest BCUT2D eigenvalue weighted by molar-refractivity contribution is 6.31. The largest absolute Gasteiger partial charge is 0.489 e. The minimum atomic E-state index is -0.552. The number of non-ortho nitro benzene ring substituents is 1. The standard InChI is InChI=1S/C27H22ClN3O4/c1-3-5-21-12-19(9-11-26(21)35-17-20-6-4-7-24(14-20)31(33)34)13-22(16-29)27(32)30-23-10-8-18(2)25(28)15-23/h3-4,6-15H,1,5,17H2,2H3,(H,30,32)/b22-13-. The van der Waals surface area contributed by atoms with Crippen LogP contribution in [0.5, 0.6) is 5.75 Å². The van der Waals surface area contributed by atoms with Crippen molar-refractivity contribution in [1.82, 2.24) is 0 Å². The van der Waals surface area contributed by atoms with Crippen molar-refractivity contribution in [3.05, 3.63) is 116 Å². The summed E-state index contributed by atoms with van der Waals surface area (Å²) in [5, 5.41) is 23.7. The highest BCUT2D eigenvalue weighted by Crippen LogP contribution is 2.25. The molecule has 0 aromatic heterocycles. The van der Waals surface area contributed by atoms with Gasteiger partial charge in [-0.1, -0.05) is 41.9 Å². The van der Waals surface area contributed by atoms with Gasteiger partial charge in [-0.2, -0.15) is 5.26 Å². The van der Waals surface area contributed by atoms with Gasteiger partial charge in [-0.25, -0.2) is 0 Å². The van der Waals surface area contributed by atoms with Gasteiger partial charge in [0.15, 0.2) is 0 Å². The van der Waals surface area contributed by atoms with E-state index in [0.717, 1.165) is 11.1 Å². The molecule has 176 valence electrons.